The van der Waals surface area contributed by atoms with E-state index in [1.807, 2.05) is 79.7 Å². The zero-order valence-electron chi connectivity index (χ0n) is 29.3. The molecule has 0 spiro atoms. The van der Waals surface area contributed by atoms with Crippen molar-refractivity contribution < 1.29 is 23.4 Å². The molecule has 4 aromatic rings. The number of ketones is 1. The molecular weight excluding hydrogens is 663 g/mol. The van der Waals surface area contributed by atoms with Crippen molar-refractivity contribution in [3.63, 3.8) is 0 Å². The van der Waals surface area contributed by atoms with E-state index < -0.39 is 27.1 Å². The Morgan fingerprint density at radius 2 is 1.70 bits per heavy atom. The lowest BCUT2D eigenvalue weighted by atomic mass is 9.64. The minimum absolute atomic E-state index is 0.00866. The average molecular weight is 712 g/mol. The number of fused-ring (bicyclic) bond motifs is 8. The molecule has 1 aromatic heterocycles. The van der Waals surface area contributed by atoms with Gasteiger partial charge in [0.05, 0.1) is 11.7 Å². The lowest BCUT2D eigenvalue weighted by Crippen LogP contribution is -2.53. The highest BCUT2D eigenvalue weighted by atomic mass is 32.2. The van der Waals surface area contributed by atoms with Crippen LogP contribution in [0.4, 0.5) is 0 Å². The van der Waals surface area contributed by atoms with Crippen LogP contribution in [0.25, 0.3) is 11.1 Å². The molecule has 2 N–H and O–H groups in total. The summed E-state index contributed by atoms with van der Waals surface area (Å²) >= 11 is 1.20. The summed E-state index contributed by atoms with van der Waals surface area (Å²) in [6.45, 7) is 6.44. The van der Waals surface area contributed by atoms with Gasteiger partial charge in [0.15, 0.2) is 5.78 Å². The summed E-state index contributed by atoms with van der Waals surface area (Å²) in [6, 6.07) is 27.1. The molecule has 3 aliphatic rings. The number of rotatable bonds is 9. The number of nitrogens with zero attached hydrogens (tertiary/aromatic N) is 1. The monoisotopic (exact) mass is 711 g/mol. The third-order valence-corrected chi connectivity index (χ3v) is 14.4. The summed E-state index contributed by atoms with van der Waals surface area (Å²) in [5.74, 6) is -0.289. The second-order valence-electron chi connectivity index (χ2n) is 14.5. The number of carbonyl (C=O) groups excluding carboxylic acids is 1. The van der Waals surface area contributed by atoms with Crippen LogP contribution in [-0.2, 0) is 16.4 Å². The van der Waals surface area contributed by atoms with Crippen molar-refractivity contribution in [1.29, 1.82) is 0 Å². The van der Waals surface area contributed by atoms with Gasteiger partial charge in [-0.3, -0.25) is 4.79 Å². The van der Waals surface area contributed by atoms with E-state index in [0.717, 1.165) is 28.7 Å². The zero-order valence-corrected chi connectivity index (χ0v) is 31.0. The fraction of sp³-hybridized carbons (Fsp3) is 0.405. The molecule has 8 heteroatoms. The molecule has 50 heavy (non-hydrogen) atoms. The maximum absolute atomic E-state index is 14.5. The van der Waals surface area contributed by atoms with Crippen molar-refractivity contribution >= 4 is 27.1 Å². The highest BCUT2D eigenvalue weighted by Gasteiger charge is 2.58. The van der Waals surface area contributed by atoms with Gasteiger partial charge < -0.3 is 10.2 Å². The van der Waals surface area contributed by atoms with Crippen molar-refractivity contribution in [2.75, 3.05) is 13.1 Å². The van der Waals surface area contributed by atoms with Gasteiger partial charge in [-0.2, -0.15) is 4.31 Å². The fourth-order valence-corrected chi connectivity index (χ4v) is 10.9. The van der Waals surface area contributed by atoms with Gasteiger partial charge in [0.2, 0.25) is 0 Å². The molecule has 264 valence electrons. The zero-order chi connectivity index (χ0) is 35.5. The maximum atomic E-state index is 14.5. The Kier molecular flexibility index (Phi) is 11.0. The quantitative estimate of drug-likeness (QED) is 0.134. The van der Waals surface area contributed by atoms with Crippen molar-refractivity contribution in [2.24, 2.45) is 5.41 Å². The van der Waals surface area contributed by atoms with Gasteiger partial charge >= 0.3 is 0 Å². The highest BCUT2D eigenvalue weighted by Crippen LogP contribution is 2.59. The number of hydrogen-bond donors (Lipinski definition) is 2. The Balaban J connectivity index is 1.43. The number of benzene rings is 3. The molecule has 2 bridgehead atoms. The maximum Gasteiger partial charge on any atom is 0.252 e. The van der Waals surface area contributed by atoms with E-state index >= 15 is 0 Å². The molecular formula is C42H49NO5S2. The van der Waals surface area contributed by atoms with Gasteiger partial charge in [-0.25, -0.2) is 8.42 Å². The van der Waals surface area contributed by atoms with Crippen LogP contribution in [0.3, 0.4) is 0 Å². The minimum Gasteiger partial charge on any atom is -0.393 e. The third-order valence-electron chi connectivity index (χ3n) is 11.2. The number of hydrogen-bond acceptors (Lipinski definition) is 6. The molecule has 0 amide bonds. The van der Waals surface area contributed by atoms with E-state index in [4.69, 9.17) is 0 Å². The number of carbonyl (C=O) groups is 1. The van der Waals surface area contributed by atoms with Crippen LogP contribution >= 0.6 is 11.3 Å². The molecule has 4 atom stereocenters. The Hall–Kier alpha value is -3.40. The largest absolute Gasteiger partial charge is 0.393 e. The summed E-state index contributed by atoms with van der Waals surface area (Å²) in [7, 11) is -3.80. The molecule has 0 saturated heterocycles. The first-order valence-electron chi connectivity index (χ1n) is 17.9. The molecule has 0 unspecified atom stereocenters. The van der Waals surface area contributed by atoms with E-state index in [9.17, 15) is 23.4 Å². The number of aliphatic hydroxyl groups is 2. The second-order valence-corrected chi connectivity index (χ2v) is 17.6. The predicted octanol–water partition coefficient (Wildman–Crippen LogP) is 8.79. The van der Waals surface area contributed by atoms with Crippen molar-refractivity contribution in [1.82, 2.24) is 4.31 Å². The van der Waals surface area contributed by atoms with Crippen LogP contribution < -0.4 is 0 Å². The Bertz CT molecular complexity index is 1920. The summed E-state index contributed by atoms with van der Waals surface area (Å²) < 4.78 is 29.5. The molecule has 1 fully saturated rings. The van der Waals surface area contributed by atoms with Crippen LogP contribution in [0.2, 0.25) is 0 Å². The fourth-order valence-electron chi connectivity index (χ4n) is 8.16. The molecule has 0 radical (unpaired) electrons. The van der Waals surface area contributed by atoms with Gasteiger partial charge in [0.1, 0.15) is 4.21 Å². The van der Waals surface area contributed by atoms with E-state index in [-0.39, 0.29) is 22.5 Å². The third kappa shape index (κ3) is 7.32. The van der Waals surface area contributed by atoms with Gasteiger partial charge in [0.25, 0.3) is 10.0 Å². The minimum atomic E-state index is -3.80. The number of aliphatic hydroxyl groups excluding tert-OH is 1. The smallest absolute Gasteiger partial charge is 0.252 e. The van der Waals surface area contributed by atoms with Gasteiger partial charge in [-0.15, -0.1) is 11.3 Å². The molecule has 0 aliphatic heterocycles. The van der Waals surface area contributed by atoms with Crippen LogP contribution in [0.1, 0.15) is 98.7 Å². The van der Waals surface area contributed by atoms with Crippen LogP contribution in [0.15, 0.2) is 106 Å². The lowest BCUT2D eigenvalue weighted by molar-refractivity contribution is -0.0723. The summed E-state index contributed by atoms with van der Waals surface area (Å²) in [4.78, 5) is 14.5. The van der Waals surface area contributed by atoms with Crippen LogP contribution in [0, 0.1) is 5.41 Å². The van der Waals surface area contributed by atoms with E-state index in [2.05, 4.69) is 19.9 Å². The Labute approximate surface area is 301 Å². The number of allylic oxidation sites excluding steroid dienone is 2. The summed E-state index contributed by atoms with van der Waals surface area (Å²) in [5, 5.41) is 25.5. The Morgan fingerprint density at radius 3 is 2.40 bits per heavy atom. The summed E-state index contributed by atoms with van der Waals surface area (Å²) in [6.07, 6.45) is 6.46. The molecule has 1 saturated carbocycles. The lowest BCUT2D eigenvalue weighted by Gasteiger charge is -2.46. The predicted molar refractivity (Wildman–Crippen MR) is 202 cm³/mol. The van der Waals surface area contributed by atoms with Crippen LogP contribution in [0.5, 0.6) is 0 Å². The molecule has 3 aromatic carbocycles. The van der Waals surface area contributed by atoms with Crippen molar-refractivity contribution in [3.8, 4) is 11.1 Å². The topological polar surface area (TPSA) is 94.9 Å². The first-order chi connectivity index (χ1) is 23.9. The van der Waals surface area contributed by atoms with Crippen molar-refractivity contribution in [3.05, 3.63) is 124 Å². The molecule has 7 rings (SSSR count). The standard InChI is InChI=1S/C42H49NO5S2/c1-4-25-43(50(47,48)39-13-9-26-49-39)29-42(46)24-22-38-36-21-15-31(27-35(44)20-14-30(2)10-8-23-41(38,42)3)28-37(36)40(45)34-18-16-33(17-19-34)32-11-6-5-7-12-32/h5-7,9-13,15-19,21,26,28,35,38,44,46H,4,8,14,20,22-25,27,29H2,1-3H3/t35-,38-,41-,42+/m0/s1. The first kappa shape index (κ1) is 36.4. The van der Waals surface area contributed by atoms with Gasteiger partial charge in [-0.1, -0.05) is 98.3 Å². The molecule has 6 nitrogen and oxygen atoms in total. The van der Waals surface area contributed by atoms with Gasteiger partial charge in [-0.05, 0) is 104 Å². The first-order valence-corrected chi connectivity index (χ1v) is 20.2. The number of sulfonamides is 1. The van der Waals surface area contributed by atoms with E-state index in [1.54, 1.807) is 17.5 Å². The highest BCUT2D eigenvalue weighted by molar-refractivity contribution is 7.91. The van der Waals surface area contributed by atoms with E-state index in [1.165, 1.54) is 21.2 Å². The van der Waals surface area contributed by atoms with Crippen molar-refractivity contribution in [2.45, 2.75) is 94.0 Å². The SMILES string of the molecule is CCCN(C[C@]1(O)CC[C@H]2c3ccc(cc3C(=O)c3ccc(-c4ccccc4)cc3)C[C@@H](O)CCC(C)=CCC[C@@]21C)S(=O)(=O)c1cccs1. The summed E-state index contributed by atoms with van der Waals surface area (Å²) in [5.41, 5.74) is 4.17. The van der Waals surface area contributed by atoms with Crippen LogP contribution in [-0.4, -0.2) is 53.5 Å². The molecule has 3 aliphatic carbocycles. The Morgan fingerprint density at radius 1 is 0.960 bits per heavy atom. The van der Waals surface area contributed by atoms with E-state index in [0.29, 0.717) is 62.6 Å². The average Bonchev–Trinajstić information content (AvgIpc) is 3.75. The van der Waals surface area contributed by atoms with Gasteiger partial charge in [0, 0.05) is 29.6 Å². The number of thiophene rings is 1. The second kappa shape index (κ2) is 15.1. The molecule has 1 heterocycles. The normalized spacial score (nSPS) is 24.5.